The second-order valence-corrected chi connectivity index (χ2v) is 5.58. The predicted octanol–water partition coefficient (Wildman–Crippen LogP) is 1.60. The summed E-state index contributed by atoms with van der Waals surface area (Å²) < 4.78 is 6.81. The molecule has 3 aromatic rings. The summed E-state index contributed by atoms with van der Waals surface area (Å²) in [5.41, 5.74) is 1.16. The zero-order chi connectivity index (χ0) is 18.0. The molecular formula is C16H19N7O2. The molecule has 0 N–H and O–H groups in total. The van der Waals surface area contributed by atoms with Crippen LogP contribution in [0.4, 0.5) is 11.7 Å². The molecule has 9 nitrogen and oxygen atoms in total. The number of nitrogens with zero attached hydrogens (tertiary/aromatic N) is 7. The molecule has 0 aromatic carbocycles. The molecule has 0 atom stereocenters. The highest BCUT2D eigenvalue weighted by Gasteiger charge is 2.23. The molecule has 0 aliphatic rings. The number of imidazole rings is 1. The first-order valence-electron chi connectivity index (χ1n) is 7.78. The Morgan fingerprint density at radius 3 is 2.72 bits per heavy atom. The van der Waals surface area contributed by atoms with Crippen LogP contribution in [0.15, 0.2) is 35.2 Å². The maximum absolute atomic E-state index is 12.9. The Labute approximate surface area is 144 Å². The Balaban J connectivity index is 1.93. The third kappa shape index (κ3) is 3.08. The molecule has 0 bridgehead atoms. The first-order chi connectivity index (χ1) is 12.0. The molecule has 0 fully saturated rings. The monoisotopic (exact) mass is 341 g/mol. The molecule has 1 amide bonds. The number of pyridine rings is 1. The number of carbonyl (C=O) groups is 1. The van der Waals surface area contributed by atoms with Gasteiger partial charge >= 0.3 is 6.01 Å². The van der Waals surface area contributed by atoms with Crippen LogP contribution in [0.3, 0.4) is 0 Å². The van der Waals surface area contributed by atoms with Crippen LogP contribution in [-0.2, 0) is 7.05 Å². The van der Waals surface area contributed by atoms with Crippen LogP contribution in [0.1, 0.15) is 17.4 Å². The van der Waals surface area contributed by atoms with E-state index in [1.54, 1.807) is 54.0 Å². The summed E-state index contributed by atoms with van der Waals surface area (Å²) in [6.07, 6.45) is 4.84. The summed E-state index contributed by atoms with van der Waals surface area (Å²) in [6, 6.07) is 4.01. The quantitative estimate of drug-likeness (QED) is 0.696. The Morgan fingerprint density at radius 1 is 1.32 bits per heavy atom. The number of hydrogen-bond acceptors (Lipinski definition) is 7. The van der Waals surface area contributed by atoms with Gasteiger partial charge in [-0.3, -0.25) is 9.78 Å². The third-order valence-corrected chi connectivity index (χ3v) is 3.72. The van der Waals surface area contributed by atoms with E-state index in [0.29, 0.717) is 29.9 Å². The van der Waals surface area contributed by atoms with E-state index >= 15 is 0 Å². The van der Waals surface area contributed by atoms with E-state index in [0.717, 1.165) is 5.69 Å². The lowest BCUT2D eigenvalue weighted by Gasteiger charge is -2.20. The maximum atomic E-state index is 12.9. The summed E-state index contributed by atoms with van der Waals surface area (Å²) >= 11 is 0. The smallest absolute Gasteiger partial charge is 0.323 e. The molecule has 9 heteroatoms. The van der Waals surface area contributed by atoms with E-state index in [-0.39, 0.29) is 5.91 Å². The Bertz CT molecular complexity index is 870. The molecule has 25 heavy (non-hydrogen) atoms. The van der Waals surface area contributed by atoms with E-state index in [1.165, 1.54) is 6.20 Å². The van der Waals surface area contributed by atoms with E-state index in [9.17, 15) is 4.79 Å². The molecule has 0 saturated heterocycles. The molecule has 130 valence electrons. The van der Waals surface area contributed by atoms with E-state index < -0.39 is 0 Å². The highest BCUT2D eigenvalue weighted by molar-refractivity contribution is 6.05. The fourth-order valence-corrected chi connectivity index (χ4v) is 2.40. The van der Waals surface area contributed by atoms with Crippen LogP contribution in [0, 0.1) is 0 Å². The molecule has 0 radical (unpaired) electrons. The van der Waals surface area contributed by atoms with Gasteiger partial charge in [0.15, 0.2) is 5.82 Å². The summed E-state index contributed by atoms with van der Waals surface area (Å²) in [6.45, 7) is 2.42. The zero-order valence-electron chi connectivity index (χ0n) is 14.5. The fourth-order valence-electron chi connectivity index (χ4n) is 2.40. The summed E-state index contributed by atoms with van der Waals surface area (Å²) in [4.78, 5) is 28.9. The van der Waals surface area contributed by atoms with E-state index in [2.05, 4.69) is 20.1 Å². The first kappa shape index (κ1) is 16.6. The van der Waals surface area contributed by atoms with Crippen LogP contribution < -0.4 is 9.80 Å². The average molecular weight is 341 g/mol. The Morgan fingerprint density at radius 2 is 2.12 bits per heavy atom. The predicted molar refractivity (Wildman–Crippen MR) is 92.4 cm³/mol. The van der Waals surface area contributed by atoms with Gasteiger partial charge in [-0.15, -0.1) is 0 Å². The number of anilines is 2. The number of hydrogen-bond donors (Lipinski definition) is 0. The van der Waals surface area contributed by atoms with Crippen molar-refractivity contribution in [2.24, 2.45) is 7.05 Å². The molecular weight excluding hydrogens is 322 g/mol. The first-order valence-corrected chi connectivity index (χ1v) is 7.78. The van der Waals surface area contributed by atoms with E-state index in [1.807, 2.05) is 13.0 Å². The van der Waals surface area contributed by atoms with Crippen molar-refractivity contribution in [3.05, 3.63) is 36.4 Å². The second kappa shape index (κ2) is 6.71. The molecule has 3 heterocycles. The molecule has 0 unspecified atom stereocenters. The minimum atomic E-state index is -0.173. The van der Waals surface area contributed by atoms with Gasteiger partial charge in [-0.1, -0.05) is 5.16 Å². The van der Waals surface area contributed by atoms with Crippen LogP contribution in [0.2, 0.25) is 0 Å². The van der Waals surface area contributed by atoms with Crippen LogP contribution >= 0.6 is 0 Å². The zero-order valence-corrected chi connectivity index (χ0v) is 14.5. The topological polar surface area (TPSA) is 93.2 Å². The van der Waals surface area contributed by atoms with Gasteiger partial charge in [0, 0.05) is 33.9 Å². The lowest BCUT2D eigenvalue weighted by atomic mass is 10.3. The minimum absolute atomic E-state index is 0.173. The Kier molecular flexibility index (Phi) is 4.46. The largest absolute Gasteiger partial charge is 0.331 e. The fraction of sp³-hybridized carbons (Fsp3) is 0.312. The van der Waals surface area contributed by atoms with Crippen molar-refractivity contribution in [1.29, 1.82) is 0 Å². The van der Waals surface area contributed by atoms with Crippen molar-refractivity contribution < 1.29 is 9.32 Å². The van der Waals surface area contributed by atoms with Gasteiger partial charge in [-0.25, -0.2) is 4.98 Å². The number of carbonyl (C=O) groups excluding carboxylic acids is 1. The van der Waals surface area contributed by atoms with Crippen LogP contribution in [0.5, 0.6) is 0 Å². The van der Waals surface area contributed by atoms with Crippen molar-refractivity contribution in [3.63, 3.8) is 0 Å². The third-order valence-electron chi connectivity index (χ3n) is 3.72. The summed E-state index contributed by atoms with van der Waals surface area (Å²) in [5, 5.41) is 3.92. The Hall–Kier alpha value is -3.23. The normalized spacial score (nSPS) is 10.7. The molecule has 0 aliphatic carbocycles. The van der Waals surface area contributed by atoms with Gasteiger partial charge < -0.3 is 18.9 Å². The van der Waals surface area contributed by atoms with Crippen molar-refractivity contribution in [2.75, 3.05) is 30.4 Å². The van der Waals surface area contributed by atoms with Gasteiger partial charge in [-0.05, 0) is 19.1 Å². The molecule has 3 aromatic heterocycles. The summed E-state index contributed by atoms with van der Waals surface area (Å²) in [7, 11) is 5.35. The maximum Gasteiger partial charge on any atom is 0.323 e. The number of aromatic nitrogens is 5. The highest BCUT2D eigenvalue weighted by atomic mass is 16.5. The second-order valence-electron chi connectivity index (χ2n) is 5.58. The molecule has 3 rings (SSSR count). The average Bonchev–Trinajstić information content (AvgIpc) is 3.23. The van der Waals surface area contributed by atoms with Gasteiger partial charge in [0.1, 0.15) is 5.69 Å². The highest BCUT2D eigenvalue weighted by Crippen LogP contribution is 2.21. The molecule has 0 spiro atoms. The van der Waals surface area contributed by atoms with Crippen molar-refractivity contribution >= 4 is 17.6 Å². The standard InChI is InChI=1S/C16H19N7O2/c1-5-23(11-7-6-8-17-9-11)15(24)12-10-18-14(22(12)4)13-19-16(21(2)3)25-20-13/h6-10H,5H2,1-4H3. The molecule has 0 aliphatic heterocycles. The van der Waals surface area contributed by atoms with Crippen LogP contribution in [0.25, 0.3) is 11.6 Å². The lowest BCUT2D eigenvalue weighted by Crippen LogP contribution is -2.32. The van der Waals surface area contributed by atoms with Gasteiger partial charge in [-0.2, -0.15) is 4.98 Å². The van der Waals surface area contributed by atoms with Crippen LogP contribution in [-0.4, -0.2) is 51.2 Å². The van der Waals surface area contributed by atoms with Crippen molar-refractivity contribution in [2.45, 2.75) is 6.92 Å². The number of rotatable bonds is 5. The summed E-state index contributed by atoms with van der Waals surface area (Å²) in [5.74, 6) is 0.616. The molecule has 0 saturated carbocycles. The SMILES string of the molecule is CCN(C(=O)c1cnc(-c2noc(N(C)C)n2)n1C)c1cccnc1. The van der Waals surface area contributed by atoms with Gasteiger partial charge in [0.05, 0.1) is 18.1 Å². The lowest BCUT2D eigenvalue weighted by molar-refractivity contribution is 0.0980. The van der Waals surface area contributed by atoms with Gasteiger partial charge in [0.2, 0.25) is 5.82 Å². The minimum Gasteiger partial charge on any atom is -0.331 e. The van der Waals surface area contributed by atoms with Gasteiger partial charge in [0.25, 0.3) is 5.91 Å². The number of amides is 1. The van der Waals surface area contributed by atoms with Crippen molar-refractivity contribution in [1.82, 2.24) is 24.7 Å². The van der Waals surface area contributed by atoms with Crippen molar-refractivity contribution in [3.8, 4) is 11.6 Å². The van der Waals surface area contributed by atoms with E-state index in [4.69, 9.17) is 4.52 Å².